The van der Waals surface area contributed by atoms with Crippen molar-refractivity contribution in [3.63, 3.8) is 0 Å². The molecule has 0 saturated heterocycles. The van der Waals surface area contributed by atoms with E-state index >= 15 is 0 Å². The van der Waals surface area contributed by atoms with E-state index < -0.39 is 0 Å². The van der Waals surface area contributed by atoms with Crippen LogP contribution in [-0.4, -0.2) is 50.8 Å². The van der Waals surface area contributed by atoms with Crippen LogP contribution >= 0.6 is 0 Å². The number of methoxy groups -OCH3 is 1. The Morgan fingerprint density at radius 3 is 2.29 bits per heavy atom. The van der Waals surface area contributed by atoms with Crippen molar-refractivity contribution in [1.29, 1.82) is 0 Å². The Bertz CT molecular complexity index is 174. The first-order valence-electron chi connectivity index (χ1n) is 6.94. The first-order chi connectivity index (χ1) is 8.02. The highest BCUT2D eigenvalue weighted by Crippen LogP contribution is 2.09. The quantitative estimate of drug-likeness (QED) is 0.638. The molecule has 0 aromatic heterocycles. The predicted molar refractivity (Wildman–Crippen MR) is 75.5 cm³/mol. The minimum Gasteiger partial charge on any atom is -0.383 e. The highest BCUT2D eigenvalue weighted by atomic mass is 16.5. The van der Waals surface area contributed by atoms with Crippen LogP contribution in [0.5, 0.6) is 0 Å². The molecule has 1 N–H and O–H groups in total. The maximum Gasteiger partial charge on any atom is 0.0615 e. The Hall–Kier alpha value is -0.120. The summed E-state index contributed by atoms with van der Waals surface area (Å²) in [7, 11) is 3.98. The number of likely N-dealkylation sites (N-methyl/N-ethyl adjacent to an activating group) is 1. The monoisotopic (exact) mass is 244 g/mol. The normalized spacial score (nSPS) is 15.5. The Balaban J connectivity index is 4.10. The van der Waals surface area contributed by atoms with Crippen LogP contribution in [0, 0.1) is 5.92 Å². The van der Waals surface area contributed by atoms with E-state index in [0.29, 0.717) is 12.1 Å². The van der Waals surface area contributed by atoms with Crippen LogP contribution in [0.2, 0.25) is 0 Å². The van der Waals surface area contributed by atoms with Crippen LogP contribution in [0.4, 0.5) is 0 Å². The van der Waals surface area contributed by atoms with Crippen LogP contribution in [0.1, 0.15) is 40.5 Å². The van der Waals surface area contributed by atoms with Crippen molar-refractivity contribution in [1.82, 2.24) is 10.2 Å². The zero-order valence-corrected chi connectivity index (χ0v) is 12.6. The lowest BCUT2D eigenvalue weighted by atomic mass is 10.1. The number of ether oxygens (including phenoxy) is 1. The SMILES string of the molecule is CCCC(CNCC(C)C)N(C)C(C)COC. The molecule has 0 aromatic rings. The lowest BCUT2D eigenvalue weighted by molar-refractivity contribution is 0.0851. The number of nitrogens with one attached hydrogen (secondary N) is 1. The average Bonchev–Trinajstić information content (AvgIpc) is 2.27. The fraction of sp³-hybridized carbons (Fsp3) is 1.00. The minimum atomic E-state index is 0.484. The molecule has 0 rings (SSSR count). The molecule has 0 aliphatic heterocycles. The standard InChI is InChI=1S/C14H32N2O/c1-7-8-14(10-15-9-12(2)3)16(5)13(4)11-17-6/h12-15H,7-11H2,1-6H3. The van der Waals surface area contributed by atoms with E-state index in [4.69, 9.17) is 4.74 Å². The van der Waals surface area contributed by atoms with Crippen LogP contribution in [-0.2, 0) is 4.74 Å². The van der Waals surface area contributed by atoms with E-state index in [0.717, 1.165) is 25.6 Å². The highest BCUT2D eigenvalue weighted by Gasteiger charge is 2.18. The van der Waals surface area contributed by atoms with E-state index in [1.807, 2.05) is 0 Å². The molecule has 2 atom stereocenters. The van der Waals surface area contributed by atoms with Crippen molar-refractivity contribution in [2.45, 2.75) is 52.6 Å². The highest BCUT2D eigenvalue weighted by molar-refractivity contribution is 4.75. The van der Waals surface area contributed by atoms with Gasteiger partial charge in [-0.05, 0) is 32.9 Å². The summed E-state index contributed by atoms with van der Waals surface area (Å²) in [6.45, 7) is 12.0. The Morgan fingerprint density at radius 1 is 1.18 bits per heavy atom. The molecule has 3 nitrogen and oxygen atoms in total. The lowest BCUT2D eigenvalue weighted by Crippen LogP contribution is -2.46. The predicted octanol–water partition coefficient (Wildman–Crippen LogP) is 2.37. The first-order valence-corrected chi connectivity index (χ1v) is 6.94. The number of nitrogens with zero attached hydrogens (tertiary/aromatic N) is 1. The molecule has 0 aliphatic rings. The van der Waals surface area contributed by atoms with Gasteiger partial charge < -0.3 is 10.1 Å². The van der Waals surface area contributed by atoms with Crippen molar-refractivity contribution in [2.24, 2.45) is 5.92 Å². The van der Waals surface area contributed by atoms with Gasteiger partial charge in [0.25, 0.3) is 0 Å². The summed E-state index contributed by atoms with van der Waals surface area (Å²) >= 11 is 0. The fourth-order valence-corrected chi connectivity index (χ4v) is 2.04. The average molecular weight is 244 g/mol. The van der Waals surface area contributed by atoms with Crippen LogP contribution < -0.4 is 5.32 Å². The van der Waals surface area contributed by atoms with Gasteiger partial charge in [0.15, 0.2) is 0 Å². The summed E-state index contributed by atoms with van der Waals surface area (Å²) in [5, 5.41) is 3.57. The van der Waals surface area contributed by atoms with Crippen molar-refractivity contribution >= 4 is 0 Å². The largest absolute Gasteiger partial charge is 0.383 e. The second kappa shape index (κ2) is 9.86. The van der Waals surface area contributed by atoms with Crippen molar-refractivity contribution in [3.05, 3.63) is 0 Å². The maximum atomic E-state index is 5.23. The van der Waals surface area contributed by atoms with Gasteiger partial charge in [-0.25, -0.2) is 0 Å². The molecule has 3 heteroatoms. The van der Waals surface area contributed by atoms with E-state index in [1.165, 1.54) is 12.8 Å². The van der Waals surface area contributed by atoms with E-state index in [-0.39, 0.29) is 0 Å². The topological polar surface area (TPSA) is 24.5 Å². The van der Waals surface area contributed by atoms with E-state index in [1.54, 1.807) is 7.11 Å². The summed E-state index contributed by atoms with van der Waals surface area (Å²) in [6.07, 6.45) is 2.48. The molecular weight excluding hydrogens is 212 g/mol. The Labute approximate surface area is 108 Å². The van der Waals surface area contributed by atoms with Gasteiger partial charge in [-0.3, -0.25) is 4.90 Å². The zero-order valence-electron chi connectivity index (χ0n) is 12.6. The van der Waals surface area contributed by atoms with Gasteiger partial charge in [0.05, 0.1) is 6.61 Å². The maximum absolute atomic E-state index is 5.23. The van der Waals surface area contributed by atoms with Crippen molar-refractivity contribution in [2.75, 3.05) is 33.9 Å². The Morgan fingerprint density at radius 2 is 1.82 bits per heavy atom. The molecule has 0 aromatic carbocycles. The van der Waals surface area contributed by atoms with Gasteiger partial charge in [0, 0.05) is 25.7 Å². The van der Waals surface area contributed by atoms with Gasteiger partial charge in [-0.2, -0.15) is 0 Å². The second-order valence-electron chi connectivity index (χ2n) is 5.46. The molecule has 2 unspecified atom stereocenters. The molecule has 0 bridgehead atoms. The molecule has 0 radical (unpaired) electrons. The third-order valence-corrected chi connectivity index (χ3v) is 3.23. The molecule has 0 aliphatic carbocycles. The van der Waals surface area contributed by atoms with Gasteiger partial charge in [0.2, 0.25) is 0 Å². The zero-order chi connectivity index (χ0) is 13.3. The van der Waals surface area contributed by atoms with Crippen LogP contribution in [0.3, 0.4) is 0 Å². The van der Waals surface area contributed by atoms with Gasteiger partial charge in [-0.1, -0.05) is 27.2 Å². The summed E-state index contributed by atoms with van der Waals surface area (Å²) < 4.78 is 5.23. The van der Waals surface area contributed by atoms with Gasteiger partial charge in [0.1, 0.15) is 0 Å². The number of rotatable bonds is 10. The summed E-state index contributed by atoms with van der Waals surface area (Å²) in [4.78, 5) is 2.44. The van der Waals surface area contributed by atoms with Crippen molar-refractivity contribution < 1.29 is 4.74 Å². The van der Waals surface area contributed by atoms with Crippen LogP contribution in [0.25, 0.3) is 0 Å². The van der Waals surface area contributed by atoms with Crippen LogP contribution in [0.15, 0.2) is 0 Å². The smallest absolute Gasteiger partial charge is 0.0615 e. The van der Waals surface area contributed by atoms with E-state index in [9.17, 15) is 0 Å². The molecule has 17 heavy (non-hydrogen) atoms. The molecule has 0 fully saturated rings. The number of hydrogen-bond donors (Lipinski definition) is 1. The van der Waals surface area contributed by atoms with Gasteiger partial charge >= 0.3 is 0 Å². The van der Waals surface area contributed by atoms with Crippen molar-refractivity contribution in [3.8, 4) is 0 Å². The summed E-state index contributed by atoms with van der Waals surface area (Å²) in [5.41, 5.74) is 0. The molecule has 0 heterocycles. The molecule has 104 valence electrons. The molecule has 0 amide bonds. The summed E-state index contributed by atoms with van der Waals surface area (Å²) in [6, 6.07) is 1.10. The Kier molecular flexibility index (Phi) is 9.79. The number of hydrogen-bond acceptors (Lipinski definition) is 3. The first kappa shape index (κ1) is 16.9. The minimum absolute atomic E-state index is 0.484. The fourth-order valence-electron chi connectivity index (χ4n) is 2.04. The van der Waals surface area contributed by atoms with Gasteiger partial charge in [-0.15, -0.1) is 0 Å². The lowest BCUT2D eigenvalue weighted by Gasteiger charge is -2.33. The second-order valence-corrected chi connectivity index (χ2v) is 5.46. The molecule has 0 spiro atoms. The molecular formula is C14H32N2O. The third kappa shape index (κ3) is 7.74. The van der Waals surface area contributed by atoms with E-state index in [2.05, 4.69) is 45.0 Å². The molecule has 0 saturated carbocycles. The summed E-state index contributed by atoms with van der Waals surface area (Å²) in [5.74, 6) is 0.721. The third-order valence-electron chi connectivity index (χ3n) is 3.23.